The summed E-state index contributed by atoms with van der Waals surface area (Å²) in [6.07, 6.45) is 1.04. The number of carboxylic acid groups (broad SMARTS) is 1. The molecular weight excluding hydrogens is 144 g/mol. The third kappa shape index (κ3) is 1.32. The lowest BCUT2D eigenvalue weighted by molar-refractivity contribution is -0.232. The third-order valence-electron chi connectivity index (χ3n) is 0.886. The number of hydrogen-bond acceptors (Lipinski definition) is 3. The Balaban J connectivity index is 2.35. The summed E-state index contributed by atoms with van der Waals surface area (Å²) in [4.78, 5) is 10.1. The monoisotopic (exact) mass is 150 g/mol. The van der Waals surface area contributed by atoms with Crippen molar-refractivity contribution in [1.29, 1.82) is 0 Å². The van der Waals surface area contributed by atoms with Gasteiger partial charge < -0.3 is 9.90 Å². The molecular formula is C4H6O2S2. The second kappa shape index (κ2) is 2.64. The maximum atomic E-state index is 10.1. The fourth-order valence-corrected chi connectivity index (χ4v) is 3.93. The van der Waals surface area contributed by atoms with Gasteiger partial charge >= 0.3 is 0 Å². The molecule has 8 heavy (non-hydrogen) atoms. The fraction of sp³-hybridized carbons (Fsp3) is 0.750. The van der Waals surface area contributed by atoms with Crippen LogP contribution in [0.5, 0.6) is 0 Å². The summed E-state index contributed by atoms with van der Waals surface area (Å²) in [7, 11) is 1.06. The van der Waals surface area contributed by atoms with Crippen molar-refractivity contribution < 1.29 is 9.90 Å². The minimum Gasteiger partial charge on any atom is -0.503 e. The third-order valence-corrected chi connectivity index (χ3v) is 4.92. The molecule has 46 valence electrons. The minimum atomic E-state index is -0.868. The van der Waals surface area contributed by atoms with E-state index in [1.54, 1.807) is 0 Å². The van der Waals surface area contributed by atoms with Crippen LogP contribution < -0.4 is 5.11 Å². The van der Waals surface area contributed by atoms with Gasteiger partial charge in [0, 0.05) is 12.2 Å². The maximum Gasteiger partial charge on any atom is 0.286 e. The van der Waals surface area contributed by atoms with Gasteiger partial charge in [0.25, 0.3) is 5.30 Å². The van der Waals surface area contributed by atoms with Gasteiger partial charge in [0.1, 0.15) is 15.7 Å². The Hall–Kier alpha value is 0.170. The van der Waals surface area contributed by atoms with Crippen molar-refractivity contribution in [1.82, 2.24) is 0 Å². The summed E-state index contributed by atoms with van der Waals surface area (Å²) in [5.41, 5.74) is 0. The first-order chi connectivity index (χ1) is 3.80. The van der Waals surface area contributed by atoms with Crippen LogP contribution in [0, 0.1) is 0 Å². The molecule has 2 nitrogen and oxygen atoms in total. The molecule has 0 aromatic rings. The van der Waals surface area contributed by atoms with Crippen molar-refractivity contribution in [3.8, 4) is 0 Å². The van der Waals surface area contributed by atoms with E-state index in [4.69, 9.17) is 0 Å². The van der Waals surface area contributed by atoms with E-state index in [0.29, 0.717) is 0 Å². The van der Waals surface area contributed by atoms with Gasteiger partial charge in [-0.3, -0.25) is 0 Å². The molecule has 1 aliphatic heterocycles. The quantitative estimate of drug-likeness (QED) is 0.360. The van der Waals surface area contributed by atoms with Gasteiger partial charge in [-0.1, -0.05) is 0 Å². The first kappa shape index (κ1) is 6.29. The van der Waals surface area contributed by atoms with Crippen LogP contribution in [-0.2, 0) is 9.93 Å². The fourth-order valence-electron chi connectivity index (χ4n) is 0.540. The molecule has 1 aliphatic rings. The van der Waals surface area contributed by atoms with E-state index < -0.39 is 15.2 Å². The summed E-state index contributed by atoms with van der Waals surface area (Å²) >= 11 is 0. The van der Waals surface area contributed by atoms with Crippen molar-refractivity contribution in [2.75, 3.05) is 11.5 Å². The van der Waals surface area contributed by atoms with Crippen LogP contribution in [0.4, 0.5) is 4.79 Å². The van der Waals surface area contributed by atoms with Crippen LogP contribution in [0.25, 0.3) is 0 Å². The molecule has 0 N–H and O–H groups in total. The molecule has 1 atom stereocenters. The first-order valence-corrected chi connectivity index (χ1v) is 5.25. The van der Waals surface area contributed by atoms with E-state index in [1.165, 1.54) is 10.8 Å². The van der Waals surface area contributed by atoms with Crippen LogP contribution in [0.1, 0.15) is 6.42 Å². The van der Waals surface area contributed by atoms with Gasteiger partial charge in [-0.2, -0.15) is 0 Å². The van der Waals surface area contributed by atoms with E-state index >= 15 is 0 Å². The summed E-state index contributed by atoms with van der Waals surface area (Å²) in [6.45, 7) is 0. The van der Waals surface area contributed by atoms with Crippen molar-refractivity contribution in [2.45, 2.75) is 6.42 Å². The second-order valence-corrected chi connectivity index (χ2v) is 5.47. The van der Waals surface area contributed by atoms with Gasteiger partial charge in [0.05, 0.1) is 10.8 Å². The van der Waals surface area contributed by atoms with Crippen molar-refractivity contribution in [3.05, 3.63) is 0 Å². The van der Waals surface area contributed by atoms with Crippen molar-refractivity contribution >= 4 is 26.0 Å². The van der Waals surface area contributed by atoms with Crippen LogP contribution in [0.3, 0.4) is 0 Å². The normalized spacial score (nSPS) is 28.2. The minimum absolute atomic E-state index is 0.457. The smallest absolute Gasteiger partial charge is 0.286 e. The molecule has 1 rings (SSSR count). The van der Waals surface area contributed by atoms with Gasteiger partial charge in [0.15, 0.2) is 0 Å². The highest BCUT2D eigenvalue weighted by molar-refractivity contribution is 8.79. The lowest BCUT2D eigenvalue weighted by atomic mass is 10.6. The standard InChI is InChI=1S/C4H6O2S2/c5-4(6)8-3-1-2-7-8/h1-3H2. The second-order valence-electron chi connectivity index (χ2n) is 1.48. The Morgan fingerprint density at radius 1 is 1.75 bits per heavy atom. The van der Waals surface area contributed by atoms with Gasteiger partial charge in [-0.25, -0.2) is 0 Å². The molecule has 0 aromatic heterocycles. The van der Waals surface area contributed by atoms with E-state index in [1.807, 2.05) is 0 Å². The summed E-state index contributed by atoms with van der Waals surface area (Å²) in [6, 6.07) is 0. The van der Waals surface area contributed by atoms with E-state index in [2.05, 4.69) is 0 Å². The highest BCUT2D eigenvalue weighted by atomic mass is 33.1. The molecule has 0 radical (unpaired) electrons. The van der Waals surface area contributed by atoms with Crippen LogP contribution in [-0.4, -0.2) is 16.8 Å². The predicted molar refractivity (Wildman–Crippen MR) is 34.7 cm³/mol. The van der Waals surface area contributed by atoms with Gasteiger partial charge in [-0.15, -0.1) is 0 Å². The molecule has 0 spiro atoms. The molecule has 1 saturated heterocycles. The lowest BCUT2D eigenvalue weighted by Crippen LogP contribution is -2.27. The summed E-state index contributed by atoms with van der Waals surface area (Å²) in [5, 5.41) is 9.21. The van der Waals surface area contributed by atoms with Gasteiger partial charge in [-0.05, 0) is 0 Å². The van der Waals surface area contributed by atoms with Crippen LogP contribution in [0.15, 0.2) is 0 Å². The Bertz CT molecular complexity index is 98.2. The number of carbonyl (C=O) groups excluding carboxylic acids is 1. The number of carbonyl (C=O) groups is 1. The molecule has 4 heteroatoms. The van der Waals surface area contributed by atoms with E-state index in [-0.39, 0.29) is 0 Å². The van der Waals surface area contributed by atoms with Crippen LogP contribution in [0.2, 0.25) is 0 Å². The lowest BCUT2D eigenvalue weighted by Gasteiger charge is -1.93. The molecule has 0 saturated carbocycles. The highest BCUT2D eigenvalue weighted by Gasteiger charge is 2.28. The maximum absolute atomic E-state index is 10.1. The molecule has 0 amide bonds. The Morgan fingerprint density at radius 3 is 2.75 bits per heavy atom. The molecule has 0 bridgehead atoms. The largest absolute Gasteiger partial charge is 0.503 e. The zero-order valence-electron chi connectivity index (χ0n) is 4.25. The Morgan fingerprint density at radius 2 is 2.50 bits per heavy atom. The summed E-state index contributed by atoms with van der Waals surface area (Å²) < 4.78 is 0. The van der Waals surface area contributed by atoms with Gasteiger partial charge in [0.2, 0.25) is 0 Å². The zero-order chi connectivity index (χ0) is 5.98. The van der Waals surface area contributed by atoms with E-state index in [0.717, 1.165) is 17.9 Å². The SMILES string of the molecule is O=C([O-])[S+]1CCCS1. The molecule has 0 aromatic carbocycles. The first-order valence-electron chi connectivity index (χ1n) is 2.36. The molecule has 1 heterocycles. The van der Waals surface area contributed by atoms with Crippen molar-refractivity contribution in [3.63, 3.8) is 0 Å². The topological polar surface area (TPSA) is 40.1 Å². The average Bonchev–Trinajstić information content (AvgIpc) is 2.12. The molecule has 1 unspecified atom stereocenters. The number of rotatable bonds is 0. The summed E-state index contributed by atoms with van der Waals surface area (Å²) in [5.74, 6) is 1.82. The molecule has 0 aliphatic carbocycles. The molecule has 1 fully saturated rings. The average molecular weight is 150 g/mol. The Kier molecular flexibility index (Phi) is 2.08. The zero-order valence-corrected chi connectivity index (χ0v) is 5.89. The highest BCUT2D eigenvalue weighted by Crippen LogP contribution is 2.25. The van der Waals surface area contributed by atoms with Crippen LogP contribution >= 0.6 is 10.8 Å². The Labute approximate surface area is 54.4 Å². The van der Waals surface area contributed by atoms with E-state index in [9.17, 15) is 9.90 Å². The van der Waals surface area contributed by atoms with Crippen molar-refractivity contribution in [2.24, 2.45) is 0 Å². The number of hydrogen-bond donors (Lipinski definition) is 0. The predicted octanol–water partition coefficient (Wildman–Crippen LogP) is -0.0001000.